The molecular formula is C15H14N4O2S. The molecule has 0 N–H and O–H groups in total. The summed E-state index contributed by atoms with van der Waals surface area (Å²) in [5, 5.41) is 6.84. The van der Waals surface area contributed by atoms with Crippen molar-refractivity contribution in [1.82, 2.24) is 19.7 Å². The van der Waals surface area contributed by atoms with Gasteiger partial charge in [-0.1, -0.05) is 6.07 Å². The quantitative estimate of drug-likeness (QED) is 0.692. The molecule has 0 amide bonds. The number of rotatable bonds is 4. The lowest BCUT2D eigenvalue weighted by Gasteiger charge is -2.10. The molecule has 0 fully saturated rings. The van der Waals surface area contributed by atoms with Crippen LogP contribution < -0.4 is 0 Å². The van der Waals surface area contributed by atoms with Crippen LogP contribution in [0.4, 0.5) is 0 Å². The Hall–Kier alpha value is -2.54. The van der Waals surface area contributed by atoms with Crippen LogP contribution in [0.1, 0.15) is 34.1 Å². The normalized spacial score (nSPS) is 12.1. The molecule has 0 spiro atoms. The number of carbonyl (C=O) groups is 1. The first-order chi connectivity index (χ1) is 10.7. The fraction of sp³-hybridized carbons (Fsp3) is 0.200. The van der Waals surface area contributed by atoms with Gasteiger partial charge in [0.05, 0.1) is 11.9 Å². The van der Waals surface area contributed by atoms with Gasteiger partial charge in [0, 0.05) is 17.8 Å². The van der Waals surface area contributed by atoms with E-state index in [0.29, 0.717) is 17.1 Å². The van der Waals surface area contributed by atoms with Gasteiger partial charge in [-0.15, -0.1) is 11.3 Å². The van der Waals surface area contributed by atoms with Crippen LogP contribution in [0.25, 0.3) is 5.82 Å². The molecule has 1 atom stereocenters. The van der Waals surface area contributed by atoms with Crippen LogP contribution in [0.15, 0.2) is 42.2 Å². The Balaban J connectivity index is 1.81. The Morgan fingerprint density at radius 3 is 2.86 bits per heavy atom. The second-order valence-corrected chi connectivity index (χ2v) is 5.59. The second-order valence-electron chi connectivity index (χ2n) is 4.66. The predicted octanol–water partition coefficient (Wildman–Crippen LogP) is 2.95. The predicted molar refractivity (Wildman–Crippen MR) is 82.0 cm³/mol. The van der Waals surface area contributed by atoms with E-state index in [1.54, 1.807) is 24.0 Å². The van der Waals surface area contributed by atoms with Gasteiger partial charge in [-0.05, 0) is 26.0 Å². The zero-order valence-corrected chi connectivity index (χ0v) is 12.9. The van der Waals surface area contributed by atoms with Gasteiger partial charge in [-0.2, -0.15) is 5.10 Å². The van der Waals surface area contributed by atoms with Crippen molar-refractivity contribution in [3.05, 3.63) is 58.4 Å². The average molecular weight is 314 g/mol. The number of ether oxygens (including phenoxy) is 1. The van der Waals surface area contributed by atoms with Crippen LogP contribution in [0.3, 0.4) is 0 Å². The number of hydrogen-bond acceptors (Lipinski definition) is 6. The third kappa shape index (κ3) is 2.75. The summed E-state index contributed by atoms with van der Waals surface area (Å²) in [5.74, 6) is 0.245. The molecule has 3 heterocycles. The maximum absolute atomic E-state index is 12.3. The fourth-order valence-corrected chi connectivity index (χ4v) is 2.65. The number of pyridine rings is 1. The molecule has 3 rings (SSSR count). The number of nitrogens with zero attached hydrogens (tertiary/aromatic N) is 4. The topological polar surface area (TPSA) is 69.9 Å². The monoisotopic (exact) mass is 314 g/mol. The van der Waals surface area contributed by atoms with E-state index in [9.17, 15) is 4.79 Å². The van der Waals surface area contributed by atoms with Crippen LogP contribution in [0, 0.1) is 6.92 Å². The third-order valence-electron chi connectivity index (χ3n) is 3.18. The van der Waals surface area contributed by atoms with E-state index in [1.807, 2.05) is 30.5 Å². The molecule has 0 aliphatic rings. The first kappa shape index (κ1) is 14.4. The molecule has 0 saturated heterocycles. The van der Waals surface area contributed by atoms with Crippen LogP contribution in [0.5, 0.6) is 0 Å². The molecule has 3 aromatic rings. The van der Waals surface area contributed by atoms with Gasteiger partial charge < -0.3 is 4.74 Å². The molecular weight excluding hydrogens is 300 g/mol. The van der Waals surface area contributed by atoms with Gasteiger partial charge in [0.15, 0.2) is 11.9 Å². The van der Waals surface area contributed by atoms with Crippen molar-refractivity contribution in [2.45, 2.75) is 20.0 Å². The van der Waals surface area contributed by atoms with E-state index >= 15 is 0 Å². The molecule has 7 heteroatoms. The molecule has 0 saturated carbocycles. The minimum Gasteiger partial charge on any atom is -0.452 e. The van der Waals surface area contributed by atoms with E-state index in [0.717, 1.165) is 5.01 Å². The Labute approximate surface area is 131 Å². The number of carbonyl (C=O) groups excluding carboxylic acids is 1. The Morgan fingerprint density at radius 2 is 2.18 bits per heavy atom. The molecule has 0 unspecified atom stereocenters. The lowest BCUT2D eigenvalue weighted by atomic mass is 10.2. The molecule has 0 aromatic carbocycles. The van der Waals surface area contributed by atoms with Gasteiger partial charge in [0.1, 0.15) is 10.6 Å². The second kappa shape index (κ2) is 6.07. The summed E-state index contributed by atoms with van der Waals surface area (Å²) in [5.41, 5.74) is 1.11. The van der Waals surface area contributed by atoms with E-state index in [-0.39, 0.29) is 6.10 Å². The summed E-state index contributed by atoms with van der Waals surface area (Å²) in [6.45, 7) is 3.61. The third-order valence-corrected chi connectivity index (χ3v) is 4.12. The molecule has 0 aliphatic heterocycles. The fourth-order valence-electron chi connectivity index (χ4n) is 2.03. The van der Waals surface area contributed by atoms with Crippen molar-refractivity contribution >= 4 is 17.3 Å². The lowest BCUT2D eigenvalue weighted by Crippen LogP contribution is -2.10. The smallest absolute Gasteiger partial charge is 0.342 e. The Kier molecular flexibility index (Phi) is 3.97. The van der Waals surface area contributed by atoms with Crippen molar-refractivity contribution in [3.63, 3.8) is 0 Å². The van der Waals surface area contributed by atoms with Gasteiger partial charge in [0.25, 0.3) is 0 Å². The molecule has 6 nitrogen and oxygen atoms in total. The summed E-state index contributed by atoms with van der Waals surface area (Å²) in [6, 6.07) is 5.52. The van der Waals surface area contributed by atoms with Crippen molar-refractivity contribution in [2.24, 2.45) is 0 Å². The van der Waals surface area contributed by atoms with Gasteiger partial charge >= 0.3 is 5.97 Å². The van der Waals surface area contributed by atoms with Crippen LogP contribution in [-0.2, 0) is 4.74 Å². The van der Waals surface area contributed by atoms with Crippen molar-refractivity contribution < 1.29 is 9.53 Å². The standard InChI is InChI=1S/C15H14N4O2S/c1-10-12(9-18-19(10)13-5-3-4-6-16-13)15(20)21-11(2)14-17-7-8-22-14/h3-9,11H,1-2H3/t11-/m0/s1. The molecule has 0 bridgehead atoms. The number of aromatic nitrogens is 4. The first-order valence-electron chi connectivity index (χ1n) is 6.73. The van der Waals surface area contributed by atoms with Gasteiger partial charge in [0.2, 0.25) is 0 Å². The Bertz CT molecular complexity index is 768. The highest BCUT2D eigenvalue weighted by Crippen LogP contribution is 2.21. The molecule has 112 valence electrons. The maximum Gasteiger partial charge on any atom is 0.342 e. The number of hydrogen-bond donors (Lipinski definition) is 0. The van der Waals surface area contributed by atoms with Gasteiger partial charge in [-0.25, -0.2) is 19.4 Å². The zero-order valence-electron chi connectivity index (χ0n) is 12.1. The summed E-state index contributed by atoms with van der Waals surface area (Å²) >= 11 is 1.46. The minimum atomic E-state index is -0.414. The van der Waals surface area contributed by atoms with Crippen molar-refractivity contribution in [3.8, 4) is 5.82 Å². The summed E-state index contributed by atoms with van der Waals surface area (Å²) in [6.07, 6.45) is 4.49. The van der Waals surface area contributed by atoms with Crippen LogP contribution in [-0.4, -0.2) is 25.7 Å². The highest BCUT2D eigenvalue weighted by atomic mass is 32.1. The highest BCUT2D eigenvalue weighted by Gasteiger charge is 2.20. The van der Waals surface area contributed by atoms with E-state index in [4.69, 9.17) is 4.74 Å². The summed E-state index contributed by atoms with van der Waals surface area (Å²) in [4.78, 5) is 20.7. The average Bonchev–Trinajstić information content (AvgIpc) is 3.17. The molecule has 0 radical (unpaired) electrons. The van der Waals surface area contributed by atoms with E-state index in [1.165, 1.54) is 17.5 Å². The Morgan fingerprint density at radius 1 is 1.32 bits per heavy atom. The first-order valence-corrected chi connectivity index (χ1v) is 7.61. The molecule has 22 heavy (non-hydrogen) atoms. The van der Waals surface area contributed by atoms with E-state index < -0.39 is 5.97 Å². The van der Waals surface area contributed by atoms with Crippen molar-refractivity contribution in [2.75, 3.05) is 0 Å². The lowest BCUT2D eigenvalue weighted by molar-refractivity contribution is 0.0336. The van der Waals surface area contributed by atoms with Gasteiger partial charge in [-0.3, -0.25) is 0 Å². The SMILES string of the molecule is Cc1c(C(=O)O[C@@H](C)c2nccs2)cnn1-c1ccccn1. The molecule has 3 aromatic heterocycles. The highest BCUT2D eigenvalue weighted by molar-refractivity contribution is 7.09. The summed E-state index contributed by atoms with van der Waals surface area (Å²) < 4.78 is 7.06. The minimum absolute atomic E-state index is 0.384. The maximum atomic E-state index is 12.3. The van der Waals surface area contributed by atoms with E-state index in [2.05, 4.69) is 15.1 Å². The summed E-state index contributed by atoms with van der Waals surface area (Å²) in [7, 11) is 0. The van der Waals surface area contributed by atoms with Crippen molar-refractivity contribution in [1.29, 1.82) is 0 Å². The van der Waals surface area contributed by atoms with Crippen LogP contribution >= 0.6 is 11.3 Å². The zero-order chi connectivity index (χ0) is 15.5. The number of esters is 1. The molecule has 0 aliphatic carbocycles. The largest absolute Gasteiger partial charge is 0.452 e. The number of thiazole rings is 1. The van der Waals surface area contributed by atoms with Crippen LogP contribution in [0.2, 0.25) is 0 Å².